The Kier molecular flexibility index (Phi) is 4.27. The first-order chi connectivity index (χ1) is 7.67. The number of anilines is 1. The molecule has 4 nitrogen and oxygen atoms in total. The van der Waals surface area contributed by atoms with Gasteiger partial charge in [-0.1, -0.05) is 18.7 Å². The lowest BCUT2D eigenvalue weighted by atomic mass is 10.2. The van der Waals surface area contributed by atoms with E-state index in [-0.39, 0.29) is 6.02 Å². The van der Waals surface area contributed by atoms with Crippen LogP contribution < -0.4 is 10.1 Å². The molecule has 4 heteroatoms. The maximum atomic E-state index is 7.47. The van der Waals surface area contributed by atoms with Crippen LogP contribution in [0.25, 0.3) is 0 Å². The fraction of sp³-hybridized carbons (Fsp3) is 0.167. The minimum atomic E-state index is -0.156. The van der Waals surface area contributed by atoms with Crippen LogP contribution in [0.1, 0.15) is 5.56 Å². The first-order valence-corrected chi connectivity index (χ1v) is 4.87. The Balaban J connectivity index is 2.83. The Bertz CT molecular complexity index is 424. The molecule has 0 heterocycles. The maximum absolute atomic E-state index is 7.47. The summed E-state index contributed by atoms with van der Waals surface area (Å²) >= 11 is 0. The molecule has 0 saturated carbocycles. The molecule has 0 atom stereocenters. The third-order valence-electron chi connectivity index (χ3n) is 1.98. The number of ether oxygens (including phenoxy) is 1. The van der Waals surface area contributed by atoms with Crippen LogP contribution in [0.4, 0.5) is 5.69 Å². The Morgan fingerprint density at radius 1 is 1.56 bits per heavy atom. The van der Waals surface area contributed by atoms with E-state index < -0.39 is 0 Å². The van der Waals surface area contributed by atoms with Gasteiger partial charge in [-0.3, -0.25) is 0 Å². The molecule has 1 aromatic rings. The zero-order valence-corrected chi connectivity index (χ0v) is 9.45. The van der Waals surface area contributed by atoms with E-state index in [4.69, 9.17) is 10.1 Å². The first-order valence-electron chi connectivity index (χ1n) is 4.87. The summed E-state index contributed by atoms with van der Waals surface area (Å²) in [5.41, 5.74) is 1.89. The molecule has 0 aromatic heterocycles. The molecular formula is C12H15N3O. The Labute approximate surface area is 95.2 Å². The highest BCUT2D eigenvalue weighted by molar-refractivity contribution is 5.86. The number of hydrogen-bond acceptors (Lipinski definition) is 3. The van der Waals surface area contributed by atoms with Crippen molar-refractivity contribution in [1.29, 1.82) is 5.41 Å². The second kappa shape index (κ2) is 5.70. The normalized spacial score (nSPS) is 10.1. The van der Waals surface area contributed by atoms with Crippen molar-refractivity contribution in [3.8, 4) is 5.75 Å². The lowest BCUT2D eigenvalue weighted by molar-refractivity contribution is 0.534. The van der Waals surface area contributed by atoms with Gasteiger partial charge in [0.05, 0.1) is 0 Å². The largest absolute Gasteiger partial charge is 0.424 e. The highest BCUT2D eigenvalue weighted by atomic mass is 16.5. The third-order valence-corrected chi connectivity index (χ3v) is 1.98. The summed E-state index contributed by atoms with van der Waals surface area (Å²) in [6.07, 6.45) is 2.91. The quantitative estimate of drug-likeness (QED) is 0.604. The van der Waals surface area contributed by atoms with Crippen molar-refractivity contribution in [2.24, 2.45) is 4.99 Å². The van der Waals surface area contributed by atoms with Crippen LogP contribution in [0.15, 0.2) is 35.8 Å². The van der Waals surface area contributed by atoms with E-state index >= 15 is 0 Å². The van der Waals surface area contributed by atoms with Crippen molar-refractivity contribution in [2.75, 3.05) is 12.4 Å². The molecule has 0 aliphatic heterocycles. The Hall–Kier alpha value is -2.10. The van der Waals surface area contributed by atoms with Crippen LogP contribution in [-0.4, -0.2) is 19.3 Å². The Morgan fingerprint density at radius 3 is 2.94 bits per heavy atom. The van der Waals surface area contributed by atoms with Crippen molar-refractivity contribution >= 4 is 17.9 Å². The van der Waals surface area contributed by atoms with Crippen molar-refractivity contribution in [2.45, 2.75) is 6.92 Å². The molecule has 1 rings (SSSR count). The number of aliphatic imine (C=N–C) groups is 1. The molecular weight excluding hydrogens is 202 g/mol. The van der Waals surface area contributed by atoms with E-state index in [1.54, 1.807) is 0 Å². The van der Waals surface area contributed by atoms with Crippen LogP contribution in [0.2, 0.25) is 0 Å². The highest BCUT2D eigenvalue weighted by Crippen LogP contribution is 2.22. The summed E-state index contributed by atoms with van der Waals surface area (Å²) in [5.74, 6) is 0.623. The summed E-state index contributed by atoms with van der Waals surface area (Å²) < 4.78 is 5.29. The fourth-order valence-electron chi connectivity index (χ4n) is 1.12. The minimum Gasteiger partial charge on any atom is -0.424 e. The second-order valence-electron chi connectivity index (χ2n) is 3.15. The molecule has 0 fully saturated rings. The number of benzene rings is 1. The third kappa shape index (κ3) is 3.24. The van der Waals surface area contributed by atoms with Crippen molar-refractivity contribution < 1.29 is 4.74 Å². The van der Waals surface area contributed by atoms with Gasteiger partial charge in [-0.05, 0) is 18.6 Å². The van der Waals surface area contributed by atoms with Crippen LogP contribution in [0, 0.1) is 12.3 Å². The molecule has 0 aliphatic carbocycles. The molecule has 2 N–H and O–H groups in total. The lowest BCUT2D eigenvalue weighted by Crippen LogP contribution is -2.05. The molecule has 0 amide bonds. The zero-order valence-electron chi connectivity index (χ0n) is 9.45. The topological polar surface area (TPSA) is 57.5 Å². The number of allylic oxidation sites excluding steroid dienone is 1. The van der Waals surface area contributed by atoms with Crippen molar-refractivity contribution in [1.82, 2.24) is 0 Å². The molecule has 0 unspecified atom stereocenters. The number of aryl methyl sites for hydroxylation is 1. The summed E-state index contributed by atoms with van der Waals surface area (Å²) in [4.78, 5) is 3.73. The molecule has 1 aromatic carbocycles. The average molecular weight is 217 g/mol. The Morgan fingerprint density at radius 2 is 2.31 bits per heavy atom. The summed E-state index contributed by atoms with van der Waals surface area (Å²) in [5, 5.41) is 10.5. The van der Waals surface area contributed by atoms with Gasteiger partial charge in [-0.25, -0.2) is 10.4 Å². The van der Waals surface area contributed by atoms with Gasteiger partial charge in [0.15, 0.2) is 0 Å². The van der Waals surface area contributed by atoms with Gasteiger partial charge < -0.3 is 10.1 Å². The highest BCUT2D eigenvalue weighted by Gasteiger charge is 2.03. The predicted octanol–water partition coefficient (Wildman–Crippen LogP) is 2.61. The molecule has 0 aliphatic rings. The smallest absolute Gasteiger partial charge is 0.314 e. The number of nitrogens with zero attached hydrogens (tertiary/aromatic N) is 1. The number of hydrogen-bond donors (Lipinski definition) is 2. The van der Waals surface area contributed by atoms with Crippen LogP contribution in [0.3, 0.4) is 0 Å². The summed E-state index contributed by atoms with van der Waals surface area (Å²) in [7, 11) is 1.83. The van der Waals surface area contributed by atoms with E-state index in [0.29, 0.717) is 5.75 Å². The van der Waals surface area contributed by atoms with Gasteiger partial charge in [-0.2, -0.15) is 0 Å². The van der Waals surface area contributed by atoms with E-state index in [1.165, 1.54) is 12.3 Å². The fourth-order valence-corrected chi connectivity index (χ4v) is 1.12. The van der Waals surface area contributed by atoms with Gasteiger partial charge in [0.25, 0.3) is 0 Å². The van der Waals surface area contributed by atoms with E-state index in [1.807, 2.05) is 32.2 Å². The summed E-state index contributed by atoms with van der Waals surface area (Å²) in [6.45, 7) is 5.39. The van der Waals surface area contributed by atoms with E-state index in [9.17, 15) is 0 Å². The standard InChI is InChI=1S/C12H15N3O/c1-4-7-15-12(13)16-11-8-10(14-3)6-5-9(11)2/h4-8,13-14H,1H2,2-3H3/b13-12?,15-7+. The zero-order chi connectivity index (χ0) is 12.0. The molecule has 0 spiro atoms. The maximum Gasteiger partial charge on any atom is 0.314 e. The van der Waals surface area contributed by atoms with Crippen LogP contribution in [0.5, 0.6) is 5.75 Å². The predicted molar refractivity (Wildman–Crippen MR) is 67.8 cm³/mol. The van der Waals surface area contributed by atoms with Gasteiger partial charge in [0.2, 0.25) is 0 Å². The lowest BCUT2D eigenvalue weighted by Gasteiger charge is -2.08. The SMILES string of the molecule is C=C/C=N/C(=N)Oc1cc(NC)ccc1C. The molecule has 16 heavy (non-hydrogen) atoms. The van der Waals surface area contributed by atoms with E-state index in [2.05, 4.69) is 16.9 Å². The monoisotopic (exact) mass is 217 g/mol. The van der Waals surface area contributed by atoms with Gasteiger partial charge in [0.1, 0.15) is 5.75 Å². The average Bonchev–Trinajstić information content (AvgIpc) is 2.29. The van der Waals surface area contributed by atoms with Gasteiger partial charge >= 0.3 is 6.02 Å². The molecule has 84 valence electrons. The van der Waals surface area contributed by atoms with Crippen LogP contribution >= 0.6 is 0 Å². The van der Waals surface area contributed by atoms with E-state index in [0.717, 1.165) is 11.3 Å². The van der Waals surface area contributed by atoms with Crippen molar-refractivity contribution in [3.05, 3.63) is 36.4 Å². The number of amidine groups is 1. The van der Waals surface area contributed by atoms with Gasteiger partial charge in [-0.15, -0.1) is 0 Å². The molecule has 0 radical (unpaired) electrons. The second-order valence-corrected chi connectivity index (χ2v) is 3.15. The van der Waals surface area contributed by atoms with Crippen molar-refractivity contribution in [3.63, 3.8) is 0 Å². The van der Waals surface area contributed by atoms with Gasteiger partial charge in [0, 0.05) is 25.0 Å². The molecule has 0 bridgehead atoms. The van der Waals surface area contributed by atoms with Crippen LogP contribution in [-0.2, 0) is 0 Å². The molecule has 0 saturated heterocycles. The number of rotatable bonds is 3. The number of nitrogens with one attached hydrogen (secondary N) is 2. The first kappa shape index (κ1) is 12.0. The minimum absolute atomic E-state index is 0.156. The summed E-state index contributed by atoms with van der Waals surface area (Å²) in [6, 6.07) is 5.54.